The molecular weight excluding hydrogens is 244 g/mol. The second-order valence-corrected chi connectivity index (χ2v) is 4.87. The number of esters is 1. The maximum absolute atomic E-state index is 11.4. The lowest BCUT2D eigenvalue weighted by Crippen LogP contribution is -2.23. The minimum atomic E-state index is -0.453. The maximum Gasteiger partial charge on any atom is 0.356 e. The fourth-order valence-corrected chi connectivity index (χ4v) is 2.56. The third-order valence-electron chi connectivity index (χ3n) is 3.71. The Bertz CT molecular complexity index is 436. The number of hydrogen-bond acceptors (Lipinski definition) is 5. The van der Waals surface area contributed by atoms with Crippen LogP contribution in [-0.2, 0) is 4.74 Å². The van der Waals surface area contributed by atoms with Crippen molar-refractivity contribution in [2.45, 2.75) is 19.3 Å². The number of pyridine rings is 1. The van der Waals surface area contributed by atoms with Gasteiger partial charge in [0.15, 0.2) is 5.69 Å². The molecule has 1 saturated carbocycles. The summed E-state index contributed by atoms with van der Waals surface area (Å²) in [5.74, 6) is 1.27. The van der Waals surface area contributed by atoms with Gasteiger partial charge in [-0.3, -0.25) is 0 Å². The second kappa shape index (κ2) is 6.52. The van der Waals surface area contributed by atoms with Crippen LogP contribution in [0.4, 0.5) is 0 Å². The van der Waals surface area contributed by atoms with Gasteiger partial charge in [0.1, 0.15) is 5.75 Å². The highest BCUT2D eigenvalue weighted by atomic mass is 16.5. The van der Waals surface area contributed by atoms with Crippen LogP contribution in [0.15, 0.2) is 18.3 Å². The van der Waals surface area contributed by atoms with Crippen molar-refractivity contribution in [2.24, 2.45) is 17.6 Å². The standard InChI is InChI=1S/C14H20N2O3/c1-18-14(17)13-7-12(5-6-16-13)19-9-11-4-2-3-10(11)8-15/h5-7,10-11H,2-4,8-9,15H2,1H3. The molecule has 1 aromatic heterocycles. The Morgan fingerprint density at radius 1 is 1.47 bits per heavy atom. The van der Waals surface area contributed by atoms with Crippen LogP contribution in [0.5, 0.6) is 5.75 Å². The van der Waals surface area contributed by atoms with Gasteiger partial charge in [-0.05, 0) is 37.3 Å². The number of aromatic nitrogens is 1. The van der Waals surface area contributed by atoms with E-state index in [1.807, 2.05) is 0 Å². The van der Waals surface area contributed by atoms with Crippen molar-refractivity contribution in [3.63, 3.8) is 0 Å². The van der Waals surface area contributed by atoms with Crippen molar-refractivity contribution in [1.29, 1.82) is 0 Å². The minimum absolute atomic E-state index is 0.266. The second-order valence-electron chi connectivity index (χ2n) is 4.87. The molecule has 0 spiro atoms. The first kappa shape index (κ1) is 13.8. The Labute approximate surface area is 113 Å². The van der Waals surface area contributed by atoms with Gasteiger partial charge in [0.2, 0.25) is 0 Å². The first-order valence-corrected chi connectivity index (χ1v) is 6.62. The zero-order valence-corrected chi connectivity index (χ0v) is 11.2. The SMILES string of the molecule is COC(=O)c1cc(OCC2CCCC2CN)ccn1. The molecule has 19 heavy (non-hydrogen) atoms. The Hall–Kier alpha value is -1.62. The smallest absolute Gasteiger partial charge is 0.356 e. The van der Waals surface area contributed by atoms with Gasteiger partial charge in [0, 0.05) is 12.3 Å². The van der Waals surface area contributed by atoms with Gasteiger partial charge in [-0.1, -0.05) is 6.42 Å². The lowest BCUT2D eigenvalue weighted by molar-refractivity contribution is 0.0593. The van der Waals surface area contributed by atoms with Crippen LogP contribution >= 0.6 is 0 Å². The molecule has 0 amide bonds. The predicted octanol–water partition coefficient (Wildman–Crippen LogP) is 1.62. The van der Waals surface area contributed by atoms with E-state index in [-0.39, 0.29) is 5.69 Å². The average molecular weight is 264 g/mol. The summed E-state index contributed by atoms with van der Waals surface area (Å²) in [6, 6.07) is 3.36. The summed E-state index contributed by atoms with van der Waals surface area (Å²) in [5.41, 5.74) is 6.01. The molecule has 0 radical (unpaired) electrons. The van der Waals surface area contributed by atoms with Crippen LogP contribution in [-0.4, -0.2) is 31.2 Å². The van der Waals surface area contributed by atoms with Gasteiger partial charge >= 0.3 is 5.97 Å². The third kappa shape index (κ3) is 3.44. The predicted molar refractivity (Wildman–Crippen MR) is 71.0 cm³/mol. The molecule has 0 aliphatic heterocycles. The van der Waals surface area contributed by atoms with Crippen molar-refractivity contribution in [1.82, 2.24) is 4.98 Å². The summed E-state index contributed by atoms with van der Waals surface area (Å²) in [6.45, 7) is 1.37. The zero-order valence-electron chi connectivity index (χ0n) is 11.2. The molecule has 2 atom stereocenters. The van der Waals surface area contributed by atoms with E-state index in [4.69, 9.17) is 10.5 Å². The van der Waals surface area contributed by atoms with E-state index < -0.39 is 5.97 Å². The van der Waals surface area contributed by atoms with Gasteiger partial charge in [-0.15, -0.1) is 0 Å². The Morgan fingerprint density at radius 3 is 3.00 bits per heavy atom. The Kier molecular flexibility index (Phi) is 4.74. The van der Waals surface area contributed by atoms with Crippen molar-refractivity contribution >= 4 is 5.97 Å². The Morgan fingerprint density at radius 2 is 2.26 bits per heavy atom. The monoisotopic (exact) mass is 264 g/mol. The molecule has 0 aromatic carbocycles. The van der Waals surface area contributed by atoms with Crippen molar-refractivity contribution < 1.29 is 14.3 Å². The van der Waals surface area contributed by atoms with Crippen LogP contribution in [0.25, 0.3) is 0 Å². The molecular formula is C14H20N2O3. The van der Waals surface area contributed by atoms with Gasteiger partial charge in [0.05, 0.1) is 13.7 Å². The normalized spacial score (nSPS) is 22.2. The van der Waals surface area contributed by atoms with Crippen LogP contribution in [0.1, 0.15) is 29.8 Å². The Balaban J connectivity index is 1.94. The van der Waals surface area contributed by atoms with Gasteiger partial charge < -0.3 is 15.2 Å². The van der Waals surface area contributed by atoms with E-state index >= 15 is 0 Å². The first-order chi connectivity index (χ1) is 9.24. The highest BCUT2D eigenvalue weighted by molar-refractivity contribution is 5.87. The molecule has 5 nitrogen and oxygen atoms in total. The van der Waals surface area contributed by atoms with E-state index in [1.165, 1.54) is 20.0 Å². The molecule has 104 valence electrons. The summed E-state index contributed by atoms with van der Waals surface area (Å²) in [7, 11) is 1.34. The molecule has 2 unspecified atom stereocenters. The van der Waals surface area contributed by atoms with E-state index in [0.29, 0.717) is 24.2 Å². The summed E-state index contributed by atoms with van der Waals surface area (Å²) in [4.78, 5) is 15.3. The molecule has 1 fully saturated rings. The fourth-order valence-electron chi connectivity index (χ4n) is 2.56. The van der Waals surface area contributed by atoms with Gasteiger partial charge in [-0.2, -0.15) is 0 Å². The lowest BCUT2D eigenvalue weighted by atomic mass is 9.97. The molecule has 2 rings (SSSR count). The summed E-state index contributed by atoms with van der Waals surface area (Å²) < 4.78 is 10.4. The first-order valence-electron chi connectivity index (χ1n) is 6.62. The van der Waals surface area contributed by atoms with E-state index in [2.05, 4.69) is 9.72 Å². The highest BCUT2D eigenvalue weighted by Crippen LogP contribution is 2.31. The van der Waals surface area contributed by atoms with E-state index in [9.17, 15) is 4.79 Å². The lowest BCUT2D eigenvalue weighted by Gasteiger charge is -2.18. The highest BCUT2D eigenvalue weighted by Gasteiger charge is 2.26. The minimum Gasteiger partial charge on any atom is -0.493 e. The molecule has 2 N–H and O–H groups in total. The van der Waals surface area contributed by atoms with Crippen molar-refractivity contribution in [3.05, 3.63) is 24.0 Å². The maximum atomic E-state index is 11.4. The third-order valence-corrected chi connectivity index (χ3v) is 3.71. The van der Waals surface area contributed by atoms with Crippen LogP contribution in [0.2, 0.25) is 0 Å². The van der Waals surface area contributed by atoms with E-state index in [0.717, 1.165) is 13.0 Å². The molecule has 0 saturated heterocycles. The van der Waals surface area contributed by atoms with Gasteiger partial charge in [0.25, 0.3) is 0 Å². The summed E-state index contributed by atoms with van der Waals surface area (Å²) in [5, 5.41) is 0. The molecule has 5 heteroatoms. The number of carbonyl (C=O) groups excluding carboxylic acids is 1. The number of ether oxygens (including phenoxy) is 2. The molecule has 1 aliphatic carbocycles. The molecule has 1 heterocycles. The van der Waals surface area contributed by atoms with Crippen LogP contribution < -0.4 is 10.5 Å². The number of methoxy groups -OCH3 is 1. The van der Waals surface area contributed by atoms with Crippen LogP contribution in [0, 0.1) is 11.8 Å². The fraction of sp³-hybridized carbons (Fsp3) is 0.571. The topological polar surface area (TPSA) is 74.4 Å². The number of carbonyl (C=O) groups is 1. The van der Waals surface area contributed by atoms with Crippen molar-refractivity contribution in [3.8, 4) is 5.75 Å². The number of nitrogens with zero attached hydrogens (tertiary/aromatic N) is 1. The number of hydrogen-bond donors (Lipinski definition) is 1. The average Bonchev–Trinajstić information content (AvgIpc) is 2.92. The molecule has 1 aliphatic rings. The molecule has 0 bridgehead atoms. The quantitative estimate of drug-likeness (QED) is 0.818. The number of rotatable bonds is 5. The zero-order chi connectivity index (χ0) is 13.7. The van der Waals surface area contributed by atoms with Gasteiger partial charge in [-0.25, -0.2) is 9.78 Å². The number of nitrogens with two attached hydrogens (primary N) is 1. The largest absolute Gasteiger partial charge is 0.493 e. The van der Waals surface area contributed by atoms with E-state index in [1.54, 1.807) is 18.3 Å². The molecule has 1 aromatic rings. The summed E-state index contributed by atoms with van der Waals surface area (Å²) >= 11 is 0. The van der Waals surface area contributed by atoms with Crippen LogP contribution in [0.3, 0.4) is 0 Å². The van der Waals surface area contributed by atoms with Crippen molar-refractivity contribution in [2.75, 3.05) is 20.3 Å². The summed E-state index contributed by atoms with van der Waals surface area (Å²) in [6.07, 6.45) is 5.13.